The average Bonchev–Trinajstić information content (AvgIpc) is 3.50. The molecule has 0 spiro atoms. The molecular weight excluding hydrogens is 526 g/mol. The molecule has 0 bridgehead atoms. The zero-order chi connectivity index (χ0) is 29.9. The normalized spacial score (nSPS) is 23.1. The number of nitrogens with zero attached hydrogens (tertiary/aromatic N) is 2. The highest BCUT2D eigenvalue weighted by Gasteiger charge is 2.45. The summed E-state index contributed by atoms with van der Waals surface area (Å²) in [5.74, 6) is -2.73. The van der Waals surface area contributed by atoms with Gasteiger partial charge in [-0.15, -0.1) is 0 Å². The molecule has 13 nitrogen and oxygen atoms in total. The molecule has 5 amide bonds. The van der Waals surface area contributed by atoms with Crippen molar-refractivity contribution in [1.82, 2.24) is 20.4 Å². The summed E-state index contributed by atoms with van der Waals surface area (Å²) in [6, 6.07) is -1.64. The summed E-state index contributed by atoms with van der Waals surface area (Å²) in [4.78, 5) is 65.0. The van der Waals surface area contributed by atoms with Crippen LogP contribution in [-0.2, 0) is 23.6 Å². The third-order valence-electron chi connectivity index (χ3n) is 8.13. The lowest BCUT2D eigenvalue weighted by Gasteiger charge is -2.41. The van der Waals surface area contributed by atoms with E-state index in [2.05, 4.69) is 10.6 Å². The van der Waals surface area contributed by atoms with Crippen LogP contribution in [0.4, 0.5) is 4.79 Å². The molecule has 0 aliphatic carbocycles. The molecule has 2 aliphatic heterocycles. The Morgan fingerprint density at radius 1 is 0.949 bits per heavy atom. The van der Waals surface area contributed by atoms with Crippen molar-refractivity contribution in [3.8, 4) is 0 Å². The molecule has 0 aromatic heterocycles. The molecule has 0 aromatic rings. The fourth-order valence-corrected chi connectivity index (χ4v) is 5.87. The average molecular weight is 572 g/mol. The number of aliphatic hydroxyl groups excluding tert-OH is 1. The number of carbonyl (C=O) groups excluding carboxylic acids is 4. The van der Waals surface area contributed by atoms with E-state index in [1.165, 1.54) is 6.92 Å². The van der Waals surface area contributed by atoms with E-state index in [4.69, 9.17) is 10.2 Å². The zero-order valence-electron chi connectivity index (χ0n) is 24.0. The number of carboxylic acid groups (broad SMARTS) is 1. The van der Waals surface area contributed by atoms with Gasteiger partial charge in [-0.25, -0.2) is 4.79 Å². The van der Waals surface area contributed by atoms with Crippen LogP contribution in [0.1, 0.15) is 47.5 Å². The van der Waals surface area contributed by atoms with Crippen LogP contribution in [0.2, 0.25) is 18.1 Å². The predicted octanol–water partition coefficient (Wildman–Crippen LogP) is 0.0808. The second-order valence-corrected chi connectivity index (χ2v) is 17.0. The van der Waals surface area contributed by atoms with Crippen LogP contribution >= 0.6 is 0 Å². The van der Waals surface area contributed by atoms with Crippen molar-refractivity contribution < 1.29 is 38.6 Å². The molecule has 2 rings (SSSR count). The molecule has 6 atom stereocenters. The van der Waals surface area contributed by atoms with Gasteiger partial charge in [0.2, 0.25) is 17.7 Å². The van der Waals surface area contributed by atoms with E-state index in [0.717, 1.165) is 0 Å². The zero-order valence-corrected chi connectivity index (χ0v) is 25.0. The smallest absolute Gasteiger partial charge is 0.404 e. The molecule has 2 heterocycles. The Balaban J connectivity index is 2.03. The number of aliphatic hydroxyl groups is 1. The second kappa shape index (κ2) is 12.6. The molecule has 14 heteroatoms. The van der Waals surface area contributed by atoms with Crippen LogP contribution in [0.15, 0.2) is 0 Å². The van der Waals surface area contributed by atoms with Crippen LogP contribution in [0.3, 0.4) is 0 Å². The monoisotopic (exact) mass is 571 g/mol. The summed E-state index contributed by atoms with van der Waals surface area (Å²) >= 11 is 0. The number of hydrogen-bond acceptors (Lipinski definition) is 7. The summed E-state index contributed by atoms with van der Waals surface area (Å²) in [5, 5.41) is 23.7. The van der Waals surface area contributed by atoms with E-state index in [1.54, 1.807) is 16.7 Å². The largest absolute Gasteiger partial charge is 0.465 e. The molecule has 6 N–H and O–H groups in total. The van der Waals surface area contributed by atoms with Gasteiger partial charge in [0.15, 0.2) is 14.4 Å². The van der Waals surface area contributed by atoms with Crippen LogP contribution < -0.4 is 16.4 Å². The Hall–Kier alpha value is -2.71. The molecule has 0 saturated carbocycles. The number of likely N-dealkylation sites (tertiary alicyclic amines) is 2. The van der Waals surface area contributed by atoms with Crippen molar-refractivity contribution in [2.45, 2.75) is 89.9 Å². The van der Waals surface area contributed by atoms with Gasteiger partial charge in [0.05, 0.1) is 23.9 Å². The molecule has 0 radical (unpaired) electrons. The number of primary amides is 1. The Kier molecular flexibility index (Phi) is 10.5. The first-order chi connectivity index (χ1) is 17.9. The molecule has 222 valence electrons. The molecule has 39 heavy (non-hydrogen) atoms. The minimum Gasteiger partial charge on any atom is -0.465 e. The van der Waals surface area contributed by atoms with Crippen LogP contribution in [0.5, 0.6) is 0 Å². The lowest BCUT2D eigenvalue weighted by atomic mass is 10.1. The maximum absolute atomic E-state index is 13.6. The first-order valence-electron chi connectivity index (χ1n) is 13.4. The van der Waals surface area contributed by atoms with Gasteiger partial charge >= 0.3 is 6.09 Å². The highest BCUT2D eigenvalue weighted by atomic mass is 28.4. The van der Waals surface area contributed by atoms with E-state index in [1.807, 2.05) is 33.9 Å². The fraction of sp³-hybridized carbons (Fsp3) is 0.800. The fourth-order valence-electron chi connectivity index (χ4n) is 4.57. The first kappa shape index (κ1) is 32.5. The van der Waals surface area contributed by atoms with Crippen molar-refractivity contribution in [3.63, 3.8) is 0 Å². The first-order valence-corrected chi connectivity index (χ1v) is 16.3. The van der Waals surface area contributed by atoms with Crippen molar-refractivity contribution in [1.29, 1.82) is 0 Å². The van der Waals surface area contributed by atoms with Gasteiger partial charge in [0.1, 0.15) is 6.10 Å². The lowest BCUT2D eigenvalue weighted by molar-refractivity contribution is -0.140. The molecule has 0 aromatic carbocycles. The molecule has 2 saturated heterocycles. The number of rotatable bonds is 10. The SMILES string of the molecule is C[C@H](NC(=O)[C@H]1CCN(C(=O)[C@@H]2CCN(C(=O)[C@H](O[Si](C)(C)C(C)(C)C)[C@H](C)NC(=O)O)C2)C1)[C@@H](O)C(N)=O. The predicted molar refractivity (Wildman–Crippen MR) is 145 cm³/mol. The maximum Gasteiger partial charge on any atom is 0.404 e. The van der Waals surface area contributed by atoms with Gasteiger partial charge in [-0.1, -0.05) is 20.8 Å². The number of hydrogen-bond donors (Lipinski definition) is 5. The van der Waals surface area contributed by atoms with Gasteiger partial charge in [-0.3, -0.25) is 19.2 Å². The van der Waals surface area contributed by atoms with Crippen molar-refractivity contribution >= 4 is 38.0 Å². The van der Waals surface area contributed by atoms with Crippen molar-refractivity contribution in [2.75, 3.05) is 26.2 Å². The van der Waals surface area contributed by atoms with Gasteiger partial charge in [-0.2, -0.15) is 0 Å². The van der Waals surface area contributed by atoms with Gasteiger partial charge < -0.3 is 40.8 Å². The van der Waals surface area contributed by atoms with Crippen LogP contribution in [0.25, 0.3) is 0 Å². The van der Waals surface area contributed by atoms with Gasteiger partial charge in [0, 0.05) is 26.2 Å². The Labute approximate surface area is 230 Å². The Morgan fingerprint density at radius 2 is 1.49 bits per heavy atom. The van der Waals surface area contributed by atoms with Crippen LogP contribution in [0, 0.1) is 11.8 Å². The quantitative estimate of drug-likeness (QED) is 0.228. The third-order valence-corrected chi connectivity index (χ3v) is 12.6. The highest BCUT2D eigenvalue weighted by molar-refractivity contribution is 6.74. The van der Waals surface area contributed by atoms with Gasteiger partial charge in [-0.05, 0) is 44.8 Å². The van der Waals surface area contributed by atoms with E-state index in [0.29, 0.717) is 25.9 Å². The topological polar surface area (TPSA) is 192 Å². The summed E-state index contributed by atoms with van der Waals surface area (Å²) in [6.45, 7) is 14.3. The molecule has 2 aliphatic rings. The number of carbonyl (C=O) groups is 5. The van der Waals surface area contributed by atoms with E-state index in [9.17, 15) is 34.2 Å². The standard InChI is InChI=1S/C25H45N5O8Si/c1-14(18(31)20(26)32)27-21(33)16-8-10-29(12-16)22(34)17-9-11-30(13-17)23(35)19(15(2)28-24(36)37)38-39(6,7)25(3,4)5/h14-19,28,31H,8-13H2,1-7H3,(H2,26,32)(H,27,33)(H,36,37)/t14-,15-,16-,17+,18+,19+/m0/s1. The minimum absolute atomic E-state index is 0.149. The van der Waals surface area contributed by atoms with Crippen molar-refractivity contribution in [2.24, 2.45) is 17.6 Å². The number of nitrogens with two attached hydrogens (primary N) is 1. The molecule has 0 unspecified atom stereocenters. The van der Waals surface area contributed by atoms with E-state index >= 15 is 0 Å². The number of nitrogens with one attached hydrogen (secondary N) is 2. The maximum atomic E-state index is 13.6. The summed E-state index contributed by atoms with van der Waals surface area (Å²) in [5.41, 5.74) is 5.08. The highest BCUT2D eigenvalue weighted by Crippen LogP contribution is 2.38. The minimum atomic E-state index is -2.43. The van der Waals surface area contributed by atoms with E-state index < -0.39 is 56.4 Å². The van der Waals surface area contributed by atoms with E-state index in [-0.39, 0.29) is 35.8 Å². The second-order valence-electron chi connectivity index (χ2n) is 12.2. The summed E-state index contributed by atoms with van der Waals surface area (Å²) in [7, 11) is -2.43. The number of amides is 5. The van der Waals surface area contributed by atoms with Crippen molar-refractivity contribution in [3.05, 3.63) is 0 Å². The summed E-state index contributed by atoms with van der Waals surface area (Å²) in [6.07, 6.45) is -2.89. The summed E-state index contributed by atoms with van der Waals surface area (Å²) < 4.78 is 6.37. The lowest BCUT2D eigenvalue weighted by Crippen LogP contribution is -2.56. The molecular formula is C25H45N5O8Si. The van der Waals surface area contributed by atoms with Crippen LogP contribution in [-0.4, -0.2) is 109 Å². The Morgan fingerprint density at radius 3 is 2.03 bits per heavy atom. The third kappa shape index (κ3) is 8.14. The molecule has 2 fully saturated rings. The van der Waals surface area contributed by atoms with Gasteiger partial charge in [0.25, 0.3) is 5.91 Å². The Bertz CT molecular complexity index is 955.